The number of hydrogen-bond acceptors (Lipinski definition) is 5. The van der Waals surface area contributed by atoms with Crippen LogP contribution in [-0.2, 0) is 6.42 Å². The van der Waals surface area contributed by atoms with Gasteiger partial charge in [0, 0.05) is 18.1 Å². The summed E-state index contributed by atoms with van der Waals surface area (Å²) in [6.45, 7) is 2.08. The molecule has 0 atom stereocenters. The number of methoxy groups -OCH3 is 2. The van der Waals surface area contributed by atoms with Gasteiger partial charge in [0.05, 0.1) is 19.9 Å². The molecule has 5 nitrogen and oxygen atoms in total. The molecule has 2 N–H and O–H groups in total. The quantitative estimate of drug-likeness (QED) is 0.907. The number of benzene rings is 1. The van der Waals surface area contributed by atoms with E-state index >= 15 is 0 Å². The normalized spacial score (nSPS) is 10.3. The Kier molecular flexibility index (Phi) is 4.40. The maximum absolute atomic E-state index is 5.87. The molecule has 0 amide bonds. The standard InChI is InChI=1S/C15H19N3O2/c1-4-6-14-17-11(9-13(16)18-14)10-7-5-8-12(19-2)15(10)20-3/h5,7-9H,4,6H2,1-3H3,(H2,16,17,18). The number of hydrogen-bond donors (Lipinski definition) is 1. The predicted molar refractivity (Wildman–Crippen MR) is 79.0 cm³/mol. The van der Waals surface area contributed by atoms with Crippen molar-refractivity contribution in [2.24, 2.45) is 0 Å². The van der Waals surface area contributed by atoms with Crippen molar-refractivity contribution in [3.63, 3.8) is 0 Å². The largest absolute Gasteiger partial charge is 0.493 e. The van der Waals surface area contributed by atoms with Crippen LogP contribution in [0.25, 0.3) is 11.3 Å². The van der Waals surface area contributed by atoms with Crippen LogP contribution in [0.3, 0.4) is 0 Å². The SMILES string of the molecule is CCCc1nc(N)cc(-c2cccc(OC)c2OC)n1. The molecule has 5 heteroatoms. The first-order valence-corrected chi connectivity index (χ1v) is 6.54. The average Bonchev–Trinajstić information content (AvgIpc) is 2.46. The van der Waals surface area contributed by atoms with E-state index in [1.54, 1.807) is 20.3 Å². The van der Waals surface area contributed by atoms with Crippen molar-refractivity contribution in [2.45, 2.75) is 19.8 Å². The Labute approximate surface area is 118 Å². The Morgan fingerprint density at radius 2 is 1.95 bits per heavy atom. The van der Waals surface area contributed by atoms with E-state index in [4.69, 9.17) is 15.2 Å². The zero-order chi connectivity index (χ0) is 14.5. The van der Waals surface area contributed by atoms with Crippen LogP contribution in [0, 0.1) is 0 Å². The van der Waals surface area contributed by atoms with Gasteiger partial charge in [-0.25, -0.2) is 9.97 Å². The maximum Gasteiger partial charge on any atom is 0.170 e. The number of nitrogens with zero attached hydrogens (tertiary/aromatic N) is 2. The second-order valence-electron chi connectivity index (χ2n) is 4.39. The van der Waals surface area contributed by atoms with E-state index in [1.807, 2.05) is 18.2 Å². The zero-order valence-electron chi connectivity index (χ0n) is 12.0. The highest BCUT2D eigenvalue weighted by Gasteiger charge is 2.14. The van der Waals surface area contributed by atoms with E-state index in [1.165, 1.54) is 0 Å². The van der Waals surface area contributed by atoms with Gasteiger partial charge in [0.15, 0.2) is 11.5 Å². The molecule has 1 aromatic carbocycles. The second kappa shape index (κ2) is 6.23. The number of nitrogens with two attached hydrogens (primary N) is 1. The summed E-state index contributed by atoms with van der Waals surface area (Å²) in [6, 6.07) is 7.42. The predicted octanol–water partition coefficient (Wildman–Crippen LogP) is 2.70. The molecule has 0 saturated heterocycles. The third-order valence-corrected chi connectivity index (χ3v) is 2.94. The van der Waals surface area contributed by atoms with Crippen molar-refractivity contribution >= 4 is 5.82 Å². The third-order valence-electron chi connectivity index (χ3n) is 2.94. The first-order valence-electron chi connectivity index (χ1n) is 6.54. The van der Waals surface area contributed by atoms with Gasteiger partial charge in [0.2, 0.25) is 0 Å². The van der Waals surface area contributed by atoms with Crippen molar-refractivity contribution < 1.29 is 9.47 Å². The van der Waals surface area contributed by atoms with Crippen LogP contribution in [0.4, 0.5) is 5.82 Å². The monoisotopic (exact) mass is 273 g/mol. The van der Waals surface area contributed by atoms with Crippen molar-refractivity contribution in [2.75, 3.05) is 20.0 Å². The molecule has 0 radical (unpaired) electrons. The number of anilines is 1. The molecule has 106 valence electrons. The summed E-state index contributed by atoms with van der Waals surface area (Å²) in [5, 5.41) is 0. The minimum Gasteiger partial charge on any atom is -0.493 e. The molecule has 0 bridgehead atoms. The van der Waals surface area contributed by atoms with Crippen LogP contribution in [0.5, 0.6) is 11.5 Å². The van der Waals surface area contributed by atoms with E-state index in [0.717, 1.165) is 29.9 Å². The van der Waals surface area contributed by atoms with Crippen LogP contribution < -0.4 is 15.2 Å². The van der Waals surface area contributed by atoms with Gasteiger partial charge in [-0.1, -0.05) is 13.0 Å². The Bertz CT molecular complexity index is 600. The van der Waals surface area contributed by atoms with Crippen molar-refractivity contribution in [3.8, 4) is 22.8 Å². The van der Waals surface area contributed by atoms with Crippen molar-refractivity contribution in [1.29, 1.82) is 0 Å². The molecule has 0 aliphatic rings. The summed E-state index contributed by atoms with van der Waals surface area (Å²) < 4.78 is 10.7. The van der Waals surface area contributed by atoms with Crippen LogP contribution in [0.2, 0.25) is 0 Å². The van der Waals surface area contributed by atoms with Crippen molar-refractivity contribution in [1.82, 2.24) is 9.97 Å². The van der Waals surface area contributed by atoms with E-state index in [-0.39, 0.29) is 0 Å². The molecule has 0 saturated carbocycles. The van der Waals surface area contributed by atoms with Crippen LogP contribution in [-0.4, -0.2) is 24.2 Å². The van der Waals surface area contributed by atoms with Gasteiger partial charge in [0.25, 0.3) is 0 Å². The average molecular weight is 273 g/mol. The maximum atomic E-state index is 5.87. The Morgan fingerprint density at radius 3 is 2.60 bits per heavy atom. The van der Waals surface area contributed by atoms with Gasteiger partial charge >= 0.3 is 0 Å². The molecular weight excluding hydrogens is 254 g/mol. The number of nitrogen functional groups attached to an aromatic ring is 1. The number of aryl methyl sites for hydroxylation is 1. The fourth-order valence-electron chi connectivity index (χ4n) is 2.08. The van der Waals surface area contributed by atoms with Crippen molar-refractivity contribution in [3.05, 3.63) is 30.1 Å². The first kappa shape index (κ1) is 14.1. The third kappa shape index (κ3) is 2.82. The van der Waals surface area contributed by atoms with E-state index < -0.39 is 0 Å². The summed E-state index contributed by atoms with van der Waals surface area (Å²) in [6.07, 6.45) is 1.77. The summed E-state index contributed by atoms with van der Waals surface area (Å²) in [7, 11) is 3.22. The van der Waals surface area contributed by atoms with Gasteiger partial charge in [0.1, 0.15) is 11.6 Å². The lowest BCUT2D eigenvalue weighted by molar-refractivity contribution is 0.356. The van der Waals surface area contributed by atoms with Gasteiger partial charge in [-0.2, -0.15) is 0 Å². The topological polar surface area (TPSA) is 70.3 Å². The van der Waals surface area contributed by atoms with Crippen LogP contribution in [0.15, 0.2) is 24.3 Å². The van der Waals surface area contributed by atoms with Crippen LogP contribution in [0.1, 0.15) is 19.2 Å². The molecule has 20 heavy (non-hydrogen) atoms. The lowest BCUT2D eigenvalue weighted by Crippen LogP contribution is -2.02. The lowest BCUT2D eigenvalue weighted by atomic mass is 10.1. The Balaban J connectivity index is 2.56. The fraction of sp³-hybridized carbons (Fsp3) is 0.333. The highest BCUT2D eigenvalue weighted by molar-refractivity contribution is 5.72. The van der Waals surface area contributed by atoms with E-state index in [2.05, 4.69) is 16.9 Å². The highest BCUT2D eigenvalue weighted by Crippen LogP contribution is 2.37. The van der Waals surface area contributed by atoms with Gasteiger partial charge in [-0.3, -0.25) is 0 Å². The molecule has 0 aliphatic heterocycles. The molecule has 2 aromatic rings. The van der Waals surface area contributed by atoms with Crippen LogP contribution >= 0.6 is 0 Å². The minimum atomic E-state index is 0.461. The second-order valence-corrected chi connectivity index (χ2v) is 4.39. The smallest absolute Gasteiger partial charge is 0.170 e. The number of aromatic nitrogens is 2. The molecule has 0 spiro atoms. The Morgan fingerprint density at radius 1 is 1.15 bits per heavy atom. The van der Waals surface area contributed by atoms with Gasteiger partial charge in [-0.15, -0.1) is 0 Å². The summed E-state index contributed by atoms with van der Waals surface area (Å²) in [5.74, 6) is 2.52. The summed E-state index contributed by atoms with van der Waals surface area (Å²) in [5.41, 5.74) is 7.46. The fourth-order valence-corrected chi connectivity index (χ4v) is 2.08. The molecule has 2 rings (SSSR count). The van der Waals surface area contributed by atoms with Gasteiger partial charge < -0.3 is 15.2 Å². The van der Waals surface area contributed by atoms with E-state index in [9.17, 15) is 0 Å². The van der Waals surface area contributed by atoms with E-state index in [0.29, 0.717) is 17.3 Å². The number of rotatable bonds is 5. The number of para-hydroxylation sites is 1. The number of ether oxygens (including phenoxy) is 2. The molecule has 1 aromatic heterocycles. The summed E-state index contributed by atoms with van der Waals surface area (Å²) >= 11 is 0. The molecule has 0 aliphatic carbocycles. The molecule has 0 unspecified atom stereocenters. The lowest BCUT2D eigenvalue weighted by Gasteiger charge is -2.13. The molecule has 1 heterocycles. The molecule has 0 fully saturated rings. The Hall–Kier alpha value is -2.30. The van der Waals surface area contributed by atoms with Gasteiger partial charge in [-0.05, 0) is 18.6 Å². The minimum absolute atomic E-state index is 0.461. The molecular formula is C15H19N3O2. The highest BCUT2D eigenvalue weighted by atomic mass is 16.5. The summed E-state index contributed by atoms with van der Waals surface area (Å²) in [4.78, 5) is 8.79. The zero-order valence-corrected chi connectivity index (χ0v) is 12.0. The first-order chi connectivity index (χ1) is 9.69.